The summed E-state index contributed by atoms with van der Waals surface area (Å²) in [6, 6.07) is 20.9. The van der Waals surface area contributed by atoms with Crippen LogP contribution in [0.25, 0.3) is 10.8 Å². The van der Waals surface area contributed by atoms with Gasteiger partial charge in [-0.25, -0.2) is 5.43 Å². The molecule has 2 N–H and O–H groups in total. The van der Waals surface area contributed by atoms with E-state index < -0.39 is 0 Å². The molecule has 0 saturated carbocycles. The van der Waals surface area contributed by atoms with E-state index in [0.717, 1.165) is 22.1 Å². The fraction of sp³-hybridized carbons (Fsp3) is 0.174. The minimum absolute atomic E-state index is 0.0839. The Bertz CT molecular complexity index is 1040. The van der Waals surface area contributed by atoms with Crippen molar-refractivity contribution < 1.29 is 14.3 Å². The smallest absolute Gasteiger partial charge is 0.244 e. The molecule has 0 unspecified atom stereocenters. The zero-order valence-corrected chi connectivity index (χ0v) is 16.4. The van der Waals surface area contributed by atoms with Crippen molar-refractivity contribution in [1.29, 1.82) is 0 Å². The van der Waals surface area contributed by atoms with E-state index in [4.69, 9.17) is 4.74 Å². The molecule has 0 aliphatic rings. The van der Waals surface area contributed by atoms with Crippen molar-refractivity contribution >= 4 is 34.0 Å². The molecule has 6 nitrogen and oxygen atoms in total. The number of ether oxygens (including phenoxy) is 1. The van der Waals surface area contributed by atoms with Crippen LogP contribution >= 0.6 is 0 Å². The van der Waals surface area contributed by atoms with Gasteiger partial charge in [-0.05, 0) is 47.5 Å². The molecule has 0 aliphatic heterocycles. The molecule has 3 aromatic rings. The number of hydrazone groups is 1. The Hall–Kier alpha value is -3.67. The van der Waals surface area contributed by atoms with E-state index in [2.05, 4.69) is 15.8 Å². The van der Waals surface area contributed by atoms with Crippen molar-refractivity contribution in [2.45, 2.75) is 19.8 Å². The first kappa shape index (κ1) is 20.1. The monoisotopic (exact) mass is 389 g/mol. The van der Waals surface area contributed by atoms with Crippen molar-refractivity contribution in [3.05, 3.63) is 72.3 Å². The number of rotatable bonds is 7. The van der Waals surface area contributed by atoms with Crippen LogP contribution in [0.3, 0.4) is 0 Å². The second-order valence-corrected chi connectivity index (χ2v) is 6.65. The minimum atomic E-state index is -0.226. The van der Waals surface area contributed by atoms with Crippen LogP contribution in [0.2, 0.25) is 0 Å². The molecule has 3 aromatic carbocycles. The Kier molecular flexibility index (Phi) is 6.58. The molecule has 29 heavy (non-hydrogen) atoms. The van der Waals surface area contributed by atoms with Crippen molar-refractivity contribution in [3.8, 4) is 5.75 Å². The Morgan fingerprint density at radius 1 is 0.931 bits per heavy atom. The van der Waals surface area contributed by atoms with Crippen LogP contribution in [0.4, 0.5) is 5.69 Å². The molecule has 0 aliphatic carbocycles. The molecule has 148 valence electrons. The van der Waals surface area contributed by atoms with Crippen LogP contribution in [0.1, 0.15) is 18.9 Å². The van der Waals surface area contributed by atoms with Gasteiger partial charge in [0.1, 0.15) is 5.75 Å². The number of carbonyl (C=O) groups excluding carboxylic acids is 2. The van der Waals surface area contributed by atoms with Gasteiger partial charge in [0.15, 0.2) is 0 Å². The number of benzene rings is 3. The maximum atomic E-state index is 12.3. The second kappa shape index (κ2) is 9.50. The highest BCUT2D eigenvalue weighted by molar-refractivity contribution is 6.05. The van der Waals surface area contributed by atoms with Crippen LogP contribution in [0.15, 0.2) is 71.8 Å². The van der Waals surface area contributed by atoms with Crippen molar-refractivity contribution in [3.63, 3.8) is 0 Å². The lowest BCUT2D eigenvalue weighted by Crippen LogP contribution is -2.23. The van der Waals surface area contributed by atoms with Gasteiger partial charge in [-0.3, -0.25) is 9.59 Å². The van der Waals surface area contributed by atoms with Crippen molar-refractivity contribution in [2.24, 2.45) is 5.10 Å². The summed E-state index contributed by atoms with van der Waals surface area (Å²) in [7, 11) is 1.59. The molecule has 0 heterocycles. The maximum Gasteiger partial charge on any atom is 0.244 e. The molecular weight excluding hydrogens is 366 g/mol. The molecule has 0 saturated heterocycles. The van der Waals surface area contributed by atoms with Crippen LogP contribution in [0.5, 0.6) is 5.75 Å². The average molecular weight is 389 g/mol. The lowest BCUT2D eigenvalue weighted by atomic mass is 10.0. The van der Waals surface area contributed by atoms with Crippen LogP contribution < -0.4 is 15.5 Å². The third-order valence-electron chi connectivity index (χ3n) is 4.39. The Balaban J connectivity index is 1.53. The second-order valence-electron chi connectivity index (χ2n) is 6.65. The molecule has 2 amide bonds. The van der Waals surface area contributed by atoms with Gasteiger partial charge in [-0.15, -0.1) is 0 Å². The van der Waals surface area contributed by atoms with Gasteiger partial charge in [-0.1, -0.05) is 42.5 Å². The van der Waals surface area contributed by atoms with E-state index in [-0.39, 0.29) is 24.7 Å². The van der Waals surface area contributed by atoms with E-state index >= 15 is 0 Å². The number of nitrogens with one attached hydrogen (secondary N) is 2. The molecule has 3 rings (SSSR count). The Labute approximate surface area is 169 Å². The Morgan fingerprint density at radius 2 is 1.66 bits per heavy atom. The summed E-state index contributed by atoms with van der Waals surface area (Å²) in [6.45, 7) is 1.70. The lowest BCUT2D eigenvalue weighted by molar-refractivity contribution is -0.120. The zero-order chi connectivity index (χ0) is 20.6. The van der Waals surface area contributed by atoms with Gasteiger partial charge in [-0.2, -0.15) is 5.10 Å². The molecule has 6 heteroatoms. The predicted molar refractivity (Wildman–Crippen MR) is 115 cm³/mol. The van der Waals surface area contributed by atoms with E-state index in [1.165, 1.54) is 0 Å². The molecule has 0 fully saturated rings. The van der Waals surface area contributed by atoms with Gasteiger partial charge in [0.2, 0.25) is 11.8 Å². The van der Waals surface area contributed by atoms with Gasteiger partial charge in [0, 0.05) is 11.4 Å². The molecule has 0 atom stereocenters. The van der Waals surface area contributed by atoms with Crippen molar-refractivity contribution in [2.75, 3.05) is 12.4 Å². The summed E-state index contributed by atoms with van der Waals surface area (Å²) >= 11 is 0. The van der Waals surface area contributed by atoms with Gasteiger partial charge >= 0.3 is 0 Å². The minimum Gasteiger partial charge on any atom is -0.497 e. The quantitative estimate of drug-likeness (QED) is 0.475. The zero-order valence-electron chi connectivity index (χ0n) is 16.4. The van der Waals surface area contributed by atoms with Crippen LogP contribution in [-0.4, -0.2) is 24.6 Å². The summed E-state index contributed by atoms with van der Waals surface area (Å²) in [4.78, 5) is 24.4. The number of hydrogen-bond acceptors (Lipinski definition) is 4. The summed E-state index contributed by atoms with van der Waals surface area (Å²) in [5.74, 6) is 0.283. The first-order chi connectivity index (χ1) is 14.0. The first-order valence-corrected chi connectivity index (χ1v) is 9.27. The normalized spacial score (nSPS) is 11.2. The van der Waals surface area contributed by atoms with Crippen molar-refractivity contribution in [1.82, 2.24) is 5.43 Å². The molecule has 0 spiro atoms. The molecule has 0 bridgehead atoms. The molecular formula is C23H23N3O3. The largest absolute Gasteiger partial charge is 0.497 e. The SMILES string of the molecule is COc1ccc(NC(=O)C/C(C)=N\NC(=O)Cc2cccc3ccccc23)cc1. The lowest BCUT2D eigenvalue weighted by Gasteiger charge is -2.07. The summed E-state index contributed by atoms with van der Waals surface area (Å²) in [6.07, 6.45) is 0.302. The summed E-state index contributed by atoms with van der Waals surface area (Å²) in [5.41, 5.74) is 4.65. The summed E-state index contributed by atoms with van der Waals surface area (Å²) in [5, 5.41) is 8.97. The highest BCUT2D eigenvalue weighted by Crippen LogP contribution is 2.19. The molecule has 0 aromatic heterocycles. The average Bonchev–Trinajstić information content (AvgIpc) is 2.73. The van der Waals surface area contributed by atoms with E-state index in [0.29, 0.717) is 11.4 Å². The van der Waals surface area contributed by atoms with Gasteiger partial charge < -0.3 is 10.1 Å². The van der Waals surface area contributed by atoms with E-state index in [1.807, 2.05) is 42.5 Å². The highest BCUT2D eigenvalue weighted by Gasteiger charge is 2.08. The fourth-order valence-corrected chi connectivity index (χ4v) is 2.97. The number of anilines is 1. The van der Waals surface area contributed by atoms with Crippen LogP contribution in [-0.2, 0) is 16.0 Å². The number of carbonyl (C=O) groups is 2. The highest BCUT2D eigenvalue weighted by atomic mass is 16.5. The standard InChI is InChI=1S/C23H23N3O3/c1-16(14-22(27)24-19-10-12-20(29-2)13-11-19)25-26-23(28)15-18-8-5-7-17-6-3-4-9-21(17)18/h3-13H,14-15H2,1-2H3,(H,24,27)(H,26,28)/b25-16-. The number of nitrogens with zero attached hydrogens (tertiary/aromatic N) is 1. The number of fused-ring (bicyclic) bond motifs is 1. The Morgan fingerprint density at radius 3 is 2.41 bits per heavy atom. The van der Waals surface area contributed by atoms with Gasteiger partial charge in [0.25, 0.3) is 0 Å². The molecule has 0 radical (unpaired) electrons. The first-order valence-electron chi connectivity index (χ1n) is 9.27. The van der Waals surface area contributed by atoms with E-state index in [1.54, 1.807) is 38.3 Å². The fourth-order valence-electron chi connectivity index (χ4n) is 2.97. The van der Waals surface area contributed by atoms with E-state index in [9.17, 15) is 9.59 Å². The number of amides is 2. The topological polar surface area (TPSA) is 79.8 Å². The number of hydrogen-bond donors (Lipinski definition) is 2. The predicted octanol–water partition coefficient (Wildman–Crippen LogP) is 3.91. The van der Waals surface area contributed by atoms with Crippen LogP contribution in [0, 0.1) is 0 Å². The number of methoxy groups -OCH3 is 1. The summed E-state index contributed by atoms with van der Waals surface area (Å²) < 4.78 is 5.09. The van der Waals surface area contributed by atoms with Gasteiger partial charge in [0.05, 0.1) is 20.0 Å². The maximum absolute atomic E-state index is 12.3. The third kappa shape index (κ3) is 5.65. The third-order valence-corrected chi connectivity index (χ3v) is 4.39.